The number of hydrogen-bond acceptors (Lipinski definition) is 4. The van der Waals surface area contributed by atoms with Crippen molar-refractivity contribution in [2.45, 2.75) is 32.7 Å². The molecule has 0 amide bonds. The summed E-state index contributed by atoms with van der Waals surface area (Å²) in [5.41, 5.74) is 11.4. The zero-order valence-electron chi connectivity index (χ0n) is 14.5. The molecule has 0 spiro atoms. The van der Waals surface area contributed by atoms with Crippen LogP contribution in [0.15, 0.2) is 36.4 Å². The van der Waals surface area contributed by atoms with Crippen LogP contribution in [0, 0.1) is 6.92 Å². The Morgan fingerprint density at radius 3 is 2.75 bits per heavy atom. The Hall–Kier alpha value is -2.33. The molecule has 0 unspecified atom stereocenters. The van der Waals surface area contributed by atoms with Crippen molar-refractivity contribution in [2.75, 3.05) is 18.5 Å². The molecular weight excluding hydrogens is 300 g/mol. The number of esters is 1. The van der Waals surface area contributed by atoms with Gasteiger partial charge in [-0.05, 0) is 44.4 Å². The van der Waals surface area contributed by atoms with Gasteiger partial charge in [-0.2, -0.15) is 0 Å². The third-order valence-electron chi connectivity index (χ3n) is 4.18. The number of para-hydroxylation sites is 1. The number of carbonyl (C=O) groups excluding carboxylic acids is 1. The van der Waals surface area contributed by atoms with E-state index in [-0.39, 0.29) is 12.6 Å². The van der Waals surface area contributed by atoms with E-state index in [1.165, 1.54) is 5.56 Å². The maximum Gasteiger partial charge on any atom is 0.338 e. The van der Waals surface area contributed by atoms with Gasteiger partial charge in [-0.15, -0.1) is 0 Å². The highest BCUT2D eigenvalue weighted by molar-refractivity contribution is 6.00. The molecule has 1 aliphatic heterocycles. The van der Waals surface area contributed by atoms with E-state index in [0.717, 1.165) is 35.3 Å². The van der Waals surface area contributed by atoms with Crippen molar-refractivity contribution in [1.29, 1.82) is 0 Å². The molecule has 3 rings (SSSR count). The molecule has 24 heavy (non-hydrogen) atoms. The minimum atomic E-state index is -0.546. The summed E-state index contributed by atoms with van der Waals surface area (Å²) in [5.74, 6) is -0.331. The highest BCUT2D eigenvalue weighted by Gasteiger charge is 2.23. The van der Waals surface area contributed by atoms with E-state index in [9.17, 15) is 4.79 Å². The zero-order valence-corrected chi connectivity index (χ0v) is 14.5. The number of ether oxygens (including phenoxy) is 1. The fourth-order valence-electron chi connectivity index (χ4n) is 3.07. The van der Waals surface area contributed by atoms with Crippen molar-refractivity contribution >= 4 is 11.7 Å². The van der Waals surface area contributed by atoms with Gasteiger partial charge >= 0.3 is 5.97 Å². The van der Waals surface area contributed by atoms with E-state index in [1.807, 2.05) is 45.0 Å². The Balaban J connectivity index is 2.03. The summed E-state index contributed by atoms with van der Waals surface area (Å²) in [6.07, 6.45) is 1.01. The molecule has 0 aromatic heterocycles. The number of rotatable bonds is 4. The van der Waals surface area contributed by atoms with Gasteiger partial charge in [0.15, 0.2) is 0 Å². The van der Waals surface area contributed by atoms with E-state index in [0.29, 0.717) is 5.56 Å². The maximum atomic E-state index is 12.6. The largest absolute Gasteiger partial charge is 0.460 e. The maximum absolute atomic E-state index is 12.6. The van der Waals surface area contributed by atoms with Crippen LogP contribution in [0.3, 0.4) is 0 Å². The molecule has 0 atom stereocenters. The van der Waals surface area contributed by atoms with Crippen LogP contribution in [-0.2, 0) is 11.2 Å². The quantitative estimate of drug-likeness (QED) is 0.845. The lowest BCUT2D eigenvalue weighted by Gasteiger charge is -2.20. The number of carbonyl (C=O) groups is 1. The Bertz CT molecular complexity index is 776. The molecule has 3 N–H and O–H groups in total. The van der Waals surface area contributed by atoms with Crippen molar-refractivity contribution in [2.24, 2.45) is 5.73 Å². The van der Waals surface area contributed by atoms with Gasteiger partial charge in [-0.1, -0.05) is 30.3 Å². The zero-order chi connectivity index (χ0) is 17.3. The lowest BCUT2D eigenvalue weighted by Crippen LogP contribution is -2.38. The van der Waals surface area contributed by atoms with Gasteiger partial charge in [0.25, 0.3) is 0 Å². The van der Waals surface area contributed by atoms with Crippen molar-refractivity contribution in [3.05, 3.63) is 53.1 Å². The molecule has 4 nitrogen and oxygen atoms in total. The first-order valence-electron chi connectivity index (χ1n) is 8.28. The molecule has 0 saturated heterocycles. The van der Waals surface area contributed by atoms with Gasteiger partial charge < -0.3 is 15.8 Å². The van der Waals surface area contributed by atoms with Gasteiger partial charge in [0.1, 0.15) is 6.61 Å². The first kappa shape index (κ1) is 16.5. The van der Waals surface area contributed by atoms with Crippen LogP contribution in [0.4, 0.5) is 5.69 Å². The minimum Gasteiger partial charge on any atom is -0.460 e. The van der Waals surface area contributed by atoms with Crippen LogP contribution >= 0.6 is 0 Å². The number of aryl methyl sites for hydroxylation is 1. The van der Waals surface area contributed by atoms with Crippen LogP contribution in [-0.4, -0.2) is 24.7 Å². The summed E-state index contributed by atoms with van der Waals surface area (Å²) < 4.78 is 5.44. The number of benzene rings is 2. The lowest BCUT2D eigenvalue weighted by molar-refractivity contribution is 0.0434. The smallest absolute Gasteiger partial charge is 0.338 e. The molecule has 4 heteroatoms. The number of anilines is 1. The van der Waals surface area contributed by atoms with Gasteiger partial charge in [0, 0.05) is 28.9 Å². The fourth-order valence-corrected chi connectivity index (χ4v) is 3.07. The standard InChI is InChI=1S/C20H24N2O2/c1-13-6-4-9-16(19(23)24-12-20(2,3)21)17(13)15-8-5-7-14-10-11-22-18(14)15/h4-9,22H,10-12,21H2,1-3H3. The number of hydrogen-bond donors (Lipinski definition) is 2. The van der Waals surface area contributed by atoms with E-state index in [4.69, 9.17) is 10.5 Å². The van der Waals surface area contributed by atoms with E-state index >= 15 is 0 Å². The molecule has 0 aliphatic carbocycles. The molecule has 1 aliphatic rings. The molecule has 2 aromatic carbocycles. The Labute approximate surface area is 143 Å². The third kappa shape index (κ3) is 3.29. The average Bonchev–Trinajstić information content (AvgIpc) is 3.00. The molecular formula is C20H24N2O2. The topological polar surface area (TPSA) is 64.3 Å². The van der Waals surface area contributed by atoms with Crippen LogP contribution in [0.1, 0.15) is 35.3 Å². The van der Waals surface area contributed by atoms with Crippen LogP contribution in [0.25, 0.3) is 11.1 Å². The molecule has 0 saturated carbocycles. The molecule has 2 aromatic rings. The molecule has 0 radical (unpaired) electrons. The first-order valence-corrected chi connectivity index (χ1v) is 8.28. The lowest BCUT2D eigenvalue weighted by atomic mass is 9.92. The van der Waals surface area contributed by atoms with E-state index in [2.05, 4.69) is 17.4 Å². The summed E-state index contributed by atoms with van der Waals surface area (Å²) >= 11 is 0. The van der Waals surface area contributed by atoms with E-state index in [1.54, 1.807) is 0 Å². The predicted molar refractivity (Wildman–Crippen MR) is 97.4 cm³/mol. The molecule has 0 fully saturated rings. The summed E-state index contributed by atoms with van der Waals surface area (Å²) in [6, 6.07) is 12.0. The second-order valence-electron chi connectivity index (χ2n) is 7.08. The highest BCUT2D eigenvalue weighted by atomic mass is 16.5. The summed E-state index contributed by atoms with van der Waals surface area (Å²) in [6.45, 7) is 6.81. The van der Waals surface area contributed by atoms with Crippen LogP contribution < -0.4 is 11.1 Å². The second-order valence-corrected chi connectivity index (χ2v) is 7.08. The summed E-state index contributed by atoms with van der Waals surface area (Å²) in [7, 11) is 0. The molecule has 1 heterocycles. The Morgan fingerprint density at radius 2 is 2.00 bits per heavy atom. The monoisotopic (exact) mass is 324 g/mol. The first-order chi connectivity index (χ1) is 11.4. The molecule has 0 bridgehead atoms. The van der Waals surface area contributed by atoms with Gasteiger partial charge in [-0.25, -0.2) is 4.79 Å². The minimum absolute atomic E-state index is 0.185. The summed E-state index contributed by atoms with van der Waals surface area (Å²) in [4.78, 5) is 12.6. The Morgan fingerprint density at radius 1 is 1.25 bits per heavy atom. The highest BCUT2D eigenvalue weighted by Crippen LogP contribution is 2.38. The second kappa shape index (κ2) is 6.29. The average molecular weight is 324 g/mol. The predicted octanol–water partition coefficient (Wildman–Crippen LogP) is 3.52. The van der Waals surface area contributed by atoms with Crippen molar-refractivity contribution in [3.63, 3.8) is 0 Å². The normalized spacial score (nSPS) is 13.3. The van der Waals surface area contributed by atoms with Gasteiger partial charge in [0.2, 0.25) is 0 Å². The number of nitrogens with one attached hydrogen (secondary N) is 1. The number of nitrogens with two attached hydrogens (primary N) is 1. The summed E-state index contributed by atoms with van der Waals surface area (Å²) in [5, 5.41) is 3.44. The number of fused-ring (bicyclic) bond motifs is 1. The van der Waals surface area contributed by atoms with Crippen molar-refractivity contribution < 1.29 is 9.53 Å². The van der Waals surface area contributed by atoms with Crippen molar-refractivity contribution in [1.82, 2.24) is 0 Å². The van der Waals surface area contributed by atoms with Crippen LogP contribution in [0.2, 0.25) is 0 Å². The Kier molecular flexibility index (Phi) is 4.33. The van der Waals surface area contributed by atoms with Gasteiger partial charge in [0.05, 0.1) is 5.56 Å². The van der Waals surface area contributed by atoms with Crippen molar-refractivity contribution in [3.8, 4) is 11.1 Å². The third-order valence-corrected chi connectivity index (χ3v) is 4.18. The van der Waals surface area contributed by atoms with Crippen LogP contribution in [0.5, 0.6) is 0 Å². The van der Waals surface area contributed by atoms with Gasteiger partial charge in [-0.3, -0.25) is 0 Å². The van der Waals surface area contributed by atoms with E-state index < -0.39 is 5.54 Å². The molecule has 126 valence electrons. The SMILES string of the molecule is Cc1cccc(C(=O)OCC(C)(C)N)c1-c1cccc2c1NCC2. The fraction of sp³-hybridized carbons (Fsp3) is 0.350.